The van der Waals surface area contributed by atoms with Crippen molar-refractivity contribution in [1.29, 1.82) is 0 Å². The van der Waals surface area contributed by atoms with Crippen molar-refractivity contribution in [3.8, 4) is 10.4 Å². The lowest BCUT2D eigenvalue weighted by molar-refractivity contribution is -0.144. The predicted octanol–water partition coefficient (Wildman–Crippen LogP) is 1.97. The molecule has 0 spiro atoms. The summed E-state index contributed by atoms with van der Waals surface area (Å²) in [7, 11) is 1.63. The van der Waals surface area contributed by atoms with Crippen LogP contribution in [0.2, 0.25) is 0 Å². The Hall–Kier alpha value is -3.06. The summed E-state index contributed by atoms with van der Waals surface area (Å²) in [5.74, 6) is -1.27. The minimum atomic E-state index is -0.947. The molecule has 15 nitrogen and oxygen atoms in total. The van der Waals surface area contributed by atoms with Gasteiger partial charge in [0.15, 0.2) is 0 Å². The fourth-order valence-electron chi connectivity index (χ4n) is 5.39. The molecule has 1 fully saturated rings. The Morgan fingerprint density at radius 1 is 0.868 bits per heavy atom. The summed E-state index contributed by atoms with van der Waals surface area (Å²) >= 11 is 1.57. The number of aryl methyl sites for hydroxylation is 1. The highest BCUT2D eigenvalue weighted by molar-refractivity contribution is 7.13. The number of rotatable bonds is 26. The number of thiazole rings is 1. The van der Waals surface area contributed by atoms with Gasteiger partial charge in [0.25, 0.3) is 0 Å². The number of β-amino-alcohol motifs (C(OH)–C–C–N with tert-alkyl or cyclic N) is 1. The van der Waals surface area contributed by atoms with Gasteiger partial charge in [0, 0.05) is 26.6 Å². The van der Waals surface area contributed by atoms with Gasteiger partial charge in [0.2, 0.25) is 17.7 Å². The Kier molecular flexibility index (Phi) is 20.4. The topological polar surface area (TPSA) is 176 Å². The maximum absolute atomic E-state index is 13.8. The number of likely N-dealkylation sites (tertiary alicyclic amines) is 1. The molecule has 3 N–H and O–H groups in total. The van der Waals surface area contributed by atoms with Gasteiger partial charge in [-0.1, -0.05) is 45.0 Å². The number of hydrogen-bond donors (Lipinski definition) is 3. The van der Waals surface area contributed by atoms with E-state index >= 15 is 0 Å². The lowest BCUT2D eigenvalue weighted by Crippen LogP contribution is -2.58. The van der Waals surface area contributed by atoms with E-state index in [4.69, 9.17) is 33.2 Å². The fraction of sp³-hybridized carbons (Fsp3) is 0.676. The van der Waals surface area contributed by atoms with E-state index in [-0.39, 0.29) is 45.2 Å². The summed E-state index contributed by atoms with van der Waals surface area (Å²) in [5, 5.41) is 16.2. The van der Waals surface area contributed by atoms with Crippen LogP contribution in [0.15, 0.2) is 29.8 Å². The van der Waals surface area contributed by atoms with Gasteiger partial charge in [-0.2, -0.15) is 0 Å². The molecule has 2 aromatic rings. The Morgan fingerprint density at radius 2 is 1.40 bits per heavy atom. The van der Waals surface area contributed by atoms with E-state index in [1.807, 2.05) is 57.5 Å². The van der Waals surface area contributed by atoms with E-state index in [2.05, 4.69) is 15.6 Å². The lowest BCUT2D eigenvalue weighted by Gasteiger charge is -2.35. The molecule has 3 atom stereocenters. The van der Waals surface area contributed by atoms with E-state index < -0.39 is 35.4 Å². The molecule has 3 rings (SSSR count). The van der Waals surface area contributed by atoms with Crippen LogP contribution in [0.4, 0.5) is 0 Å². The fourth-order valence-corrected chi connectivity index (χ4v) is 6.20. The van der Waals surface area contributed by atoms with Gasteiger partial charge in [-0.3, -0.25) is 14.4 Å². The van der Waals surface area contributed by atoms with Gasteiger partial charge in [0.1, 0.15) is 18.7 Å². The summed E-state index contributed by atoms with van der Waals surface area (Å²) in [6, 6.07) is 6.05. The van der Waals surface area contributed by atoms with Gasteiger partial charge in [-0.25, -0.2) is 4.98 Å². The minimum absolute atomic E-state index is 0.00563. The number of carbonyl (C=O) groups is 3. The van der Waals surface area contributed by atoms with Crippen LogP contribution in [0.5, 0.6) is 0 Å². The zero-order chi connectivity index (χ0) is 38.5. The molecule has 2 heterocycles. The first-order valence-corrected chi connectivity index (χ1v) is 18.9. The summed E-state index contributed by atoms with van der Waals surface area (Å²) in [5.41, 5.74) is 4.05. The molecule has 53 heavy (non-hydrogen) atoms. The average Bonchev–Trinajstić information content (AvgIpc) is 3.75. The number of carbonyl (C=O) groups excluding carboxylic acids is 3. The van der Waals surface area contributed by atoms with Crippen LogP contribution in [0.1, 0.15) is 38.4 Å². The molecule has 0 aliphatic carbocycles. The molecule has 1 aromatic heterocycles. The van der Waals surface area contributed by atoms with E-state index in [0.717, 1.165) is 21.7 Å². The number of ether oxygens (including phenoxy) is 7. The highest BCUT2D eigenvalue weighted by Gasteiger charge is 2.44. The molecule has 3 amide bonds. The van der Waals surface area contributed by atoms with Crippen LogP contribution in [0.25, 0.3) is 10.4 Å². The van der Waals surface area contributed by atoms with Crippen LogP contribution in [0.3, 0.4) is 0 Å². The molecular weight excluding hydrogens is 708 g/mol. The summed E-state index contributed by atoms with van der Waals surface area (Å²) in [6.45, 7) is 12.6. The summed E-state index contributed by atoms with van der Waals surface area (Å²) in [6.07, 6.45) is -0.751. The molecular formula is C37H58N4O11S. The molecule has 1 aliphatic rings. The first-order valence-electron chi connectivity index (χ1n) is 18.0. The lowest BCUT2D eigenvalue weighted by atomic mass is 9.85. The van der Waals surface area contributed by atoms with Crippen LogP contribution in [-0.2, 0) is 54.1 Å². The van der Waals surface area contributed by atoms with Crippen molar-refractivity contribution in [2.75, 3.05) is 99.5 Å². The highest BCUT2D eigenvalue weighted by Crippen LogP contribution is 2.28. The van der Waals surface area contributed by atoms with Crippen molar-refractivity contribution in [1.82, 2.24) is 20.5 Å². The van der Waals surface area contributed by atoms with Crippen molar-refractivity contribution >= 4 is 29.1 Å². The zero-order valence-corrected chi connectivity index (χ0v) is 32.6. The van der Waals surface area contributed by atoms with E-state index in [0.29, 0.717) is 66.1 Å². The molecule has 0 saturated carbocycles. The molecule has 298 valence electrons. The Morgan fingerprint density at radius 3 is 1.89 bits per heavy atom. The van der Waals surface area contributed by atoms with Crippen LogP contribution >= 0.6 is 11.3 Å². The Balaban J connectivity index is 1.30. The first-order chi connectivity index (χ1) is 25.5. The van der Waals surface area contributed by atoms with Gasteiger partial charge in [0.05, 0.1) is 101 Å². The summed E-state index contributed by atoms with van der Waals surface area (Å²) in [4.78, 5) is 46.7. The molecule has 0 bridgehead atoms. The third-order valence-electron chi connectivity index (χ3n) is 8.24. The molecule has 1 saturated heterocycles. The number of nitrogens with zero attached hydrogens (tertiary/aromatic N) is 2. The van der Waals surface area contributed by atoms with Crippen LogP contribution < -0.4 is 10.6 Å². The first kappa shape index (κ1) is 44.3. The molecule has 1 aromatic carbocycles. The Labute approximate surface area is 316 Å². The van der Waals surface area contributed by atoms with Gasteiger partial charge in [-0.15, -0.1) is 11.3 Å². The van der Waals surface area contributed by atoms with E-state index in [1.54, 1.807) is 18.4 Å². The second kappa shape index (κ2) is 24.4. The van der Waals surface area contributed by atoms with Crippen molar-refractivity contribution in [3.05, 3.63) is 41.0 Å². The SMILES string of the molecule is COCCOCCOCCOCCOCCOCCOCC(=O)N[C@H](C(=O)N1C[C@H](O)C[C@H]1C(=O)NCc1ccc(-c2scnc2C)cc1)C(C)(C)C. The normalized spacial score (nSPS) is 16.5. The highest BCUT2D eigenvalue weighted by atomic mass is 32.1. The molecule has 0 radical (unpaired) electrons. The molecule has 1 aliphatic heterocycles. The van der Waals surface area contributed by atoms with Crippen molar-refractivity contribution < 1.29 is 52.6 Å². The van der Waals surface area contributed by atoms with Gasteiger partial charge < -0.3 is 53.8 Å². The number of aliphatic hydroxyl groups excluding tert-OH is 1. The number of amides is 3. The molecule has 16 heteroatoms. The predicted molar refractivity (Wildman–Crippen MR) is 198 cm³/mol. The van der Waals surface area contributed by atoms with Crippen molar-refractivity contribution in [2.24, 2.45) is 5.41 Å². The second-order valence-corrected chi connectivity index (χ2v) is 14.4. The monoisotopic (exact) mass is 766 g/mol. The maximum atomic E-state index is 13.8. The number of aromatic nitrogens is 1. The summed E-state index contributed by atoms with van der Waals surface area (Å²) < 4.78 is 37.5. The number of methoxy groups -OCH3 is 1. The van der Waals surface area contributed by atoms with E-state index in [9.17, 15) is 19.5 Å². The quantitative estimate of drug-likeness (QED) is 0.119. The van der Waals surface area contributed by atoms with Gasteiger partial charge in [-0.05, 0) is 23.5 Å². The number of aliphatic hydroxyl groups is 1. The largest absolute Gasteiger partial charge is 0.391 e. The standard InChI is InChI=1S/C37H58N4O11S/c1-27-33(53-26-39-27)29-8-6-28(7-9-29)23-38-35(44)31-22-30(42)24-41(31)36(45)34(37(2,3)4)40-32(43)25-52-21-20-51-19-18-50-17-16-49-15-14-48-13-12-47-11-10-46-5/h6-9,26,30-31,34,42H,10-25H2,1-5H3,(H,38,44)(H,40,43)/t30-,31+,34-/m1/s1. The average molecular weight is 767 g/mol. The number of hydrogen-bond acceptors (Lipinski definition) is 13. The van der Waals surface area contributed by atoms with E-state index in [1.165, 1.54) is 4.90 Å². The van der Waals surface area contributed by atoms with Crippen molar-refractivity contribution in [3.63, 3.8) is 0 Å². The third kappa shape index (κ3) is 16.5. The number of nitrogens with one attached hydrogen (secondary N) is 2. The maximum Gasteiger partial charge on any atom is 0.246 e. The third-order valence-corrected chi connectivity index (χ3v) is 9.21. The smallest absolute Gasteiger partial charge is 0.246 e. The number of benzene rings is 1. The van der Waals surface area contributed by atoms with Crippen molar-refractivity contribution in [2.45, 2.75) is 58.8 Å². The van der Waals surface area contributed by atoms with Gasteiger partial charge >= 0.3 is 0 Å². The molecule has 0 unspecified atom stereocenters. The zero-order valence-electron chi connectivity index (χ0n) is 31.8. The van der Waals surface area contributed by atoms with Crippen LogP contribution in [0, 0.1) is 12.3 Å². The second-order valence-electron chi connectivity index (χ2n) is 13.6. The minimum Gasteiger partial charge on any atom is -0.391 e. The Bertz CT molecular complexity index is 1360. The van der Waals surface area contributed by atoms with Crippen LogP contribution in [-0.4, -0.2) is 150 Å².